The maximum atomic E-state index is 8.42. The molecule has 0 aromatic rings. The van der Waals surface area contributed by atoms with Crippen LogP contribution in [0.25, 0.3) is 0 Å². The summed E-state index contributed by atoms with van der Waals surface area (Å²) in [5, 5.41) is 25.2. The molecule has 192 valence electrons. The van der Waals surface area contributed by atoms with Crippen LogP contribution in [0.4, 0.5) is 0 Å². The summed E-state index contributed by atoms with van der Waals surface area (Å²) in [5.41, 5.74) is 0. The fourth-order valence-electron chi connectivity index (χ4n) is 4.02. The van der Waals surface area contributed by atoms with Gasteiger partial charge in [-0.05, 0) is 83.1 Å². The third kappa shape index (κ3) is 18.0. The Hall–Kier alpha value is -0.175. The maximum Gasteiger partial charge on any atom is 0.0757 e. The summed E-state index contributed by atoms with van der Waals surface area (Å²) in [6, 6.07) is 0. The minimum atomic E-state index is -2.92. The second kappa shape index (κ2) is 23.0. The van der Waals surface area contributed by atoms with E-state index >= 15 is 0 Å². The minimum absolute atomic E-state index is 1.28. The van der Waals surface area contributed by atoms with Gasteiger partial charge in [0.25, 0.3) is 0 Å². The zero-order valence-corrected chi connectivity index (χ0v) is 23.6. The smallest absolute Gasteiger partial charge is 0.0757 e. The van der Waals surface area contributed by atoms with E-state index in [0.717, 1.165) is 0 Å². The van der Waals surface area contributed by atoms with Crippen molar-refractivity contribution in [2.45, 2.75) is 83.1 Å². The van der Waals surface area contributed by atoms with Crippen LogP contribution in [0.2, 0.25) is 0 Å². The highest BCUT2D eigenvalue weighted by Crippen LogP contribution is 2.04. The van der Waals surface area contributed by atoms with Gasteiger partial charge in [-0.15, -0.1) is 0 Å². The molecule has 7 heteroatoms. The monoisotopic (exact) mass is 449 g/mol. The summed E-state index contributed by atoms with van der Waals surface area (Å²) in [7, 11) is -2.92. The van der Waals surface area contributed by atoms with Crippen molar-refractivity contribution in [2.24, 2.45) is 0 Å². The second-order valence-corrected chi connectivity index (χ2v) is 8.11. The molecule has 0 bridgehead atoms. The van der Waals surface area contributed by atoms with E-state index in [1.165, 1.54) is 92.0 Å². The van der Waals surface area contributed by atoms with Crippen LogP contribution in [-0.4, -0.2) is 99.3 Å². The molecule has 0 radical (unpaired) electrons. The number of nitrogens with zero attached hydrogens (tertiary/aromatic N) is 3. The van der Waals surface area contributed by atoms with E-state index in [1.807, 2.05) is 0 Å². The van der Waals surface area contributed by atoms with E-state index in [1.54, 1.807) is 0 Å². The van der Waals surface area contributed by atoms with Gasteiger partial charge in [-0.1, -0.05) is 0 Å². The molecule has 31 heavy (non-hydrogen) atoms. The Morgan fingerprint density at radius 3 is 0.387 bits per heavy atom. The lowest BCUT2D eigenvalue weighted by Gasteiger charge is -2.35. The average molecular weight is 450 g/mol. The fraction of sp³-hybridized carbons (Fsp3) is 1.00. The largest absolute Gasteiger partial charge is 0.907 e. The Bertz CT molecular complexity index is 244. The van der Waals surface area contributed by atoms with Gasteiger partial charge in [0.15, 0.2) is 0 Å². The lowest BCUT2D eigenvalue weighted by Crippen LogP contribution is -2.56. The molecule has 0 saturated heterocycles. The molecule has 0 amide bonds. The van der Waals surface area contributed by atoms with Crippen LogP contribution >= 0.6 is 0 Å². The molecule has 0 N–H and O–H groups in total. The second-order valence-electron chi connectivity index (χ2n) is 8.11. The van der Waals surface area contributed by atoms with E-state index in [0.29, 0.717) is 0 Å². The summed E-state index contributed by atoms with van der Waals surface area (Å²) >= 11 is 0. The standard InChI is InChI=1S/3C8H20N.BO3/c3*1-5-9(6-2,7-3)8-4;2-1(3)4/h3*5-8H2,1-4H3;/q3*+1;-3. The van der Waals surface area contributed by atoms with Gasteiger partial charge in [0.2, 0.25) is 0 Å². The van der Waals surface area contributed by atoms with Gasteiger partial charge in [-0.3, -0.25) is 7.32 Å². The lowest BCUT2D eigenvalue weighted by molar-refractivity contribution is -0.921. The molecule has 0 saturated carbocycles. The first-order valence-electron chi connectivity index (χ1n) is 13.0. The topological polar surface area (TPSA) is 69.2 Å². The van der Waals surface area contributed by atoms with E-state index in [-0.39, 0.29) is 0 Å². The lowest BCUT2D eigenvalue weighted by atomic mass is 10.3. The van der Waals surface area contributed by atoms with Crippen LogP contribution in [0, 0.1) is 0 Å². The average Bonchev–Trinajstić information content (AvgIpc) is 2.80. The highest BCUT2D eigenvalue weighted by atomic mass is 16.5. The van der Waals surface area contributed by atoms with Crippen LogP contribution in [0.3, 0.4) is 0 Å². The molecule has 0 unspecified atom stereocenters. The van der Waals surface area contributed by atoms with E-state index in [9.17, 15) is 0 Å². The number of rotatable bonds is 12. The fourth-order valence-corrected chi connectivity index (χ4v) is 4.02. The predicted octanol–water partition coefficient (Wildman–Crippen LogP) is 1.70. The first kappa shape index (κ1) is 38.1. The van der Waals surface area contributed by atoms with Crippen molar-refractivity contribution in [3.63, 3.8) is 0 Å². The summed E-state index contributed by atoms with van der Waals surface area (Å²) in [6.07, 6.45) is 0. The number of hydrogen-bond acceptors (Lipinski definition) is 3. The zero-order valence-electron chi connectivity index (χ0n) is 23.6. The Labute approximate surface area is 197 Å². The summed E-state index contributed by atoms with van der Waals surface area (Å²) in [5.74, 6) is 0. The number of hydrogen-bond donors (Lipinski definition) is 0. The van der Waals surface area contributed by atoms with Gasteiger partial charge in [0.05, 0.1) is 78.5 Å². The molecule has 0 atom stereocenters. The molecule has 0 fully saturated rings. The van der Waals surface area contributed by atoms with Crippen molar-refractivity contribution in [3.05, 3.63) is 0 Å². The van der Waals surface area contributed by atoms with Gasteiger partial charge in [-0.2, -0.15) is 0 Å². The first-order chi connectivity index (χ1) is 14.5. The quantitative estimate of drug-likeness (QED) is 0.336. The summed E-state index contributed by atoms with van der Waals surface area (Å²) < 4.78 is 3.83. The molecule has 0 aromatic heterocycles. The summed E-state index contributed by atoms with van der Waals surface area (Å²) in [6.45, 7) is 42.7. The Morgan fingerprint density at radius 1 is 0.323 bits per heavy atom. The highest BCUT2D eigenvalue weighted by Gasteiger charge is 2.17. The van der Waals surface area contributed by atoms with Crippen molar-refractivity contribution >= 4 is 7.32 Å². The normalized spacial score (nSPS) is 11.3. The van der Waals surface area contributed by atoms with Crippen LogP contribution in [0.1, 0.15) is 83.1 Å². The molecule has 0 spiro atoms. The number of quaternary nitrogens is 3. The Morgan fingerprint density at radius 2 is 0.387 bits per heavy atom. The van der Waals surface area contributed by atoms with E-state index in [2.05, 4.69) is 83.1 Å². The zero-order chi connectivity index (χ0) is 25.6. The molecule has 0 aliphatic rings. The molecule has 0 aromatic carbocycles. The van der Waals surface area contributed by atoms with Gasteiger partial charge < -0.3 is 28.5 Å². The molecule has 0 heterocycles. The SMILES string of the molecule is CC[N+](CC)(CC)CC.CC[N+](CC)(CC)CC.CC[N+](CC)(CC)CC.[O-]B([O-])[O-]. The molecular formula is C24H60BN3O3. The third-order valence-corrected chi connectivity index (χ3v) is 8.05. The molecular weight excluding hydrogens is 389 g/mol. The summed E-state index contributed by atoms with van der Waals surface area (Å²) in [4.78, 5) is 0. The first-order valence-corrected chi connectivity index (χ1v) is 13.0. The van der Waals surface area contributed by atoms with Crippen LogP contribution in [0.15, 0.2) is 0 Å². The van der Waals surface area contributed by atoms with Gasteiger partial charge in [0, 0.05) is 0 Å². The van der Waals surface area contributed by atoms with Crippen LogP contribution in [0.5, 0.6) is 0 Å². The predicted molar refractivity (Wildman–Crippen MR) is 133 cm³/mol. The van der Waals surface area contributed by atoms with Crippen LogP contribution in [-0.2, 0) is 0 Å². The van der Waals surface area contributed by atoms with E-state index < -0.39 is 7.32 Å². The minimum Gasteiger partial charge on any atom is -0.907 e. The van der Waals surface area contributed by atoms with Gasteiger partial charge >= 0.3 is 0 Å². The molecule has 0 aliphatic heterocycles. The van der Waals surface area contributed by atoms with Crippen molar-refractivity contribution in [2.75, 3.05) is 78.5 Å². The Kier molecular flexibility index (Phi) is 28.3. The van der Waals surface area contributed by atoms with Crippen LogP contribution < -0.4 is 15.1 Å². The highest BCUT2D eigenvalue weighted by molar-refractivity contribution is 6.24. The molecule has 0 rings (SSSR count). The molecule has 6 nitrogen and oxygen atoms in total. The van der Waals surface area contributed by atoms with Crippen molar-refractivity contribution in [1.29, 1.82) is 0 Å². The Balaban J connectivity index is -0.000000162. The third-order valence-electron chi connectivity index (χ3n) is 8.05. The van der Waals surface area contributed by atoms with Gasteiger partial charge in [-0.25, -0.2) is 0 Å². The van der Waals surface area contributed by atoms with Gasteiger partial charge in [0.1, 0.15) is 0 Å². The van der Waals surface area contributed by atoms with Crippen molar-refractivity contribution < 1.29 is 28.5 Å². The maximum absolute atomic E-state index is 8.42. The van der Waals surface area contributed by atoms with Crippen molar-refractivity contribution in [3.8, 4) is 0 Å². The van der Waals surface area contributed by atoms with E-state index in [4.69, 9.17) is 15.1 Å². The molecule has 0 aliphatic carbocycles. The van der Waals surface area contributed by atoms with Crippen molar-refractivity contribution in [1.82, 2.24) is 0 Å².